The molecule has 2 fully saturated rings. The van der Waals surface area contributed by atoms with E-state index in [1.165, 1.54) is 0 Å². The molecule has 0 spiro atoms. The van der Waals surface area contributed by atoms with Gasteiger partial charge in [-0.05, 0) is 38.0 Å². The zero-order valence-electron chi connectivity index (χ0n) is 13.5. The Morgan fingerprint density at radius 3 is 2.88 bits per heavy atom. The van der Waals surface area contributed by atoms with Crippen molar-refractivity contribution in [3.05, 3.63) is 35.5 Å². The van der Waals surface area contributed by atoms with Gasteiger partial charge in [-0.15, -0.1) is 0 Å². The van der Waals surface area contributed by atoms with Crippen LogP contribution >= 0.6 is 0 Å². The number of fused-ring (bicyclic) bond motifs is 1. The number of pyridine rings is 1. The van der Waals surface area contributed by atoms with Crippen LogP contribution in [0, 0.1) is 24.5 Å². The second-order valence-corrected chi connectivity index (χ2v) is 6.80. The van der Waals surface area contributed by atoms with E-state index in [0.29, 0.717) is 30.1 Å². The quantitative estimate of drug-likeness (QED) is 0.935. The normalized spacial score (nSPS) is 20.9. The number of carbonyl (C=O) groups excluding carboxylic acids is 1. The predicted molar refractivity (Wildman–Crippen MR) is 87.7 cm³/mol. The Labute approximate surface area is 138 Å². The van der Waals surface area contributed by atoms with Crippen LogP contribution in [0.5, 0.6) is 0 Å². The summed E-state index contributed by atoms with van der Waals surface area (Å²) in [6.45, 7) is 3.16. The summed E-state index contributed by atoms with van der Waals surface area (Å²) in [4.78, 5) is 18.1. The lowest BCUT2D eigenvalue weighted by Gasteiger charge is -2.17. The Balaban J connectivity index is 1.54. The van der Waals surface area contributed by atoms with E-state index in [1.807, 2.05) is 11.0 Å². The molecule has 1 aromatic carbocycles. The average molecular weight is 331 g/mol. The van der Waals surface area contributed by atoms with Gasteiger partial charge in [-0.2, -0.15) is 0 Å². The third-order valence-corrected chi connectivity index (χ3v) is 4.81. The Bertz CT molecular complexity index is 820. The maximum absolute atomic E-state index is 14.0. The van der Waals surface area contributed by atoms with Crippen molar-refractivity contribution in [2.75, 3.05) is 18.4 Å². The topological polar surface area (TPSA) is 45.2 Å². The molecule has 1 saturated heterocycles. The van der Waals surface area contributed by atoms with Crippen LogP contribution in [0.2, 0.25) is 0 Å². The molecule has 1 aromatic heterocycles. The molecule has 1 aliphatic heterocycles. The molecule has 1 N–H and O–H groups in total. The number of aryl methyl sites for hydroxylation is 1. The first kappa shape index (κ1) is 15.3. The highest BCUT2D eigenvalue weighted by Crippen LogP contribution is 2.33. The first-order valence-corrected chi connectivity index (χ1v) is 8.31. The molecule has 1 atom stereocenters. The Morgan fingerprint density at radius 1 is 1.33 bits per heavy atom. The SMILES string of the molecule is Cc1cc(NC[C@H]2CC(=O)N(C3CC3)C2)c2ccc(F)c(F)c2n1. The van der Waals surface area contributed by atoms with Gasteiger partial charge in [0, 0.05) is 48.2 Å². The van der Waals surface area contributed by atoms with Gasteiger partial charge in [0.2, 0.25) is 5.91 Å². The van der Waals surface area contributed by atoms with Crippen molar-refractivity contribution in [1.82, 2.24) is 9.88 Å². The van der Waals surface area contributed by atoms with E-state index in [4.69, 9.17) is 0 Å². The molecule has 24 heavy (non-hydrogen) atoms. The fourth-order valence-electron chi connectivity index (χ4n) is 3.45. The smallest absolute Gasteiger partial charge is 0.223 e. The van der Waals surface area contributed by atoms with Gasteiger partial charge in [-0.25, -0.2) is 13.8 Å². The maximum atomic E-state index is 14.0. The number of nitrogens with zero attached hydrogens (tertiary/aromatic N) is 2. The third kappa shape index (κ3) is 2.70. The third-order valence-electron chi connectivity index (χ3n) is 4.81. The van der Waals surface area contributed by atoms with Crippen LogP contribution in [-0.2, 0) is 4.79 Å². The fourth-order valence-corrected chi connectivity index (χ4v) is 3.45. The Kier molecular flexibility index (Phi) is 3.62. The number of halogens is 2. The van der Waals surface area contributed by atoms with Crippen LogP contribution in [0.3, 0.4) is 0 Å². The molecule has 2 heterocycles. The van der Waals surface area contributed by atoms with Gasteiger partial charge in [-0.1, -0.05) is 0 Å². The number of amides is 1. The second kappa shape index (κ2) is 5.69. The molecule has 1 amide bonds. The molecule has 1 aliphatic carbocycles. The van der Waals surface area contributed by atoms with Gasteiger partial charge in [0.25, 0.3) is 0 Å². The minimum absolute atomic E-state index is 0.0413. The van der Waals surface area contributed by atoms with Crippen molar-refractivity contribution in [2.24, 2.45) is 5.92 Å². The lowest BCUT2D eigenvalue weighted by atomic mass is 10.1. The molecule has 0 unspecified atom stereocenters. The lowest BCUT2D eigenvalue weighted by molar-refractivity contribution is -0.128. The first-order valence-electron chi connectivity index (χ1n) is 8.31. The Morgan fingerprint density at radius 2 is 2.12 bits per heavy atom. The van der Waals surface area contributed by atoms with Gasteiger partial charge >= 0.3 is 0 Å². The number of carbonyl (C=O) groups is 1. The van der Waals surface area contributed by atoms with Crippen LogP contribution in [0.4, 0.5) is 14.5 Å². The molecule has 2 aliphatic rings. The summed E-state index contributed by atoms with van der Waals surface area (Å²) in [5.74, 6) is -1.34. The van der Waals surface area contributed by atoms with Gasteiger partial charge in [-0.3, -0.25) is 4.79 Å². The van der Waals surface area contributed by atoms with E-state index in [-0.39, 0.29) is 17.3 Å². The molecule has 0 bridgehead atoms. The maximum Gasteiger partial charge on any atom is 0.223 e. The first-order chi connectivity index (χ1) is 11.5. The van der Waals surface area contributed by atoms with Crippen molar-refractivity contribution < 1.29 is 13.6 Å². The highest BCUT2D eigenvalue weighted by atomic mass is 19.2. The molecule has 1 saturated carbocycles. The van der Waals surface area contributed by atoms with Crippen LogP contribution in [0.1, 0.15) is 25.0 Å². The van der Waals surface area contributed by atoms with Crippen LogP contribution in [0.25, 0.3) is 10.9 Å². The van der Waals surface area contributed by atoms with Crippen LogP contribution < -0.4 is 5.32 Å². The number of benzene rings is 1. The number of rotatable bonds is 4. The summed E-state index contributed by atoms with van der Waals surface area (Å²) in [5.41, 5.74) is 1.39. The zero-order valence-corrected chi connectivity index (χ0v) is 13.5. The van der Waals surface area contributed by atoms with Crippen molar-refractivity contribution in [3.63, 3.8) is 0 Å². The van der Waals surface area contributed by atoms with E-state index in [1.54, 1.807) is 13.0 Å². The molecule has 6 heteroatoms. The summed E-state index contributed by atoms with van der Waals surface area (Å²) in [5, 5.41) is 3.87. The fraction of sp³-hybridized carbons (Fsp3) is 0.444. The molecule has 126 valence electrons. The minimum Gasteiger partial charge on any atom is -0.384 e. The predicted octanol–water partition coefficient (Wildman–Crippen LogP) is 3.24. The number of anilines is 1. The van der Waals surface area contributed by atoms with Gasteiger partial charge in [0.05, 0.1) is 0 Å². The van der Waals surface area contributed by atoms with E-state index in [2.05, 4.69) is 10.3 Å². The molecule has 0 radical (unpaired) electrons. The van der Waals surface area contributed by atoms with Gasteiger partial charge < -0.3 is 10.2 Å². The lowest BCUT2D eigenvalue weighted by Crippen LogP contribution is -2.28. The number of nitrogens with one attached hydrogen (secondary N) is 1. The van der Waals surface area contributed by atoms with Crippen molar-refractivity contribution in [2.45, 2.75) is 32.2 Å². The summed E-state index contributed by atoms with van der Waals surface area (Å²) in [6, 6.07) is 4.94. The van der Waals surface area contributed by atoms with Gasteiger partial charge in [0.15, 0.2) is 11.6 Å². The number of likely N-dealkylation sites (tertiary alicyclic amines) is 1. The monoisotopic (exact) mass is 331 g/mol. The van der Waals surface area contributed by atoms with Crippen LogP contribution in [-0.4, -0.2) is 34.9 Å². The standard InChI is InChI=1S/C18H19F2N3O/c1-10-6-15(13-4-5-14(19)17(20)18(13)22-10)21-8-11-7-16(24)23(9-11)12-2-3-12/h4-6,11-12H,2-3,7-9H2,1H3,(H,21,22)/t11-/m1/s1. The molecule has 4 nitrogen and oxygen atoms in total. The van der Waals surface area contributed by atoms with E-state index >= 15 is 0 Å². The van der Waals surface area contributed by atoms with Crippen molar-refractivity contribution in [1.29, 1.82) is 0 Å². The number of aromatic nitrogens is 1. The molecular formula is C18H19F2N3O. The van der Waals surface area contributed by atoms with E-state index in [0.717, 1.165) is 31.1 Å². The largest absolute Gasteiger partial charge is 0.384 e. The summed E-state index contributed by atoms with van der Waals surface area (Å²) >= 11 is 0. The zero-order chi connectivity index (χ0) is 16.8. The second-order valence-electron chi connectivity index (χ2n) is 6.80. The highest BCUT2D eigenvalue weighted by molar-refractivity contribution is 5.92. The number of hydrogen-bond donors (Lipinski definition) is 1. The van der Waals surface area contributed by atoms with Gasteiger partial charge in [0.1, 0.15) is 5.52 Å². The highest BCUT2D eigenvalue weighted by Gasteiger charge is 2.39. The van der Waals surface area contributed by atoms with E-state index < -0.39 is 11.6 Å². The van der Waals surface area contributed by atoms with E-state index in [9.17, 15) is 13.6 Å². The van der Waals surface area contributed by atoms with Crippen molar-refractivity contribution in [3.8, 4) is 0 Å². The average Bonchev–Trinajstić information content (AvgIpc) is 3.32. The summed E-state index contributed by atoms with van der Waals surface area (Å²) in [6.07, 6.45) is 2.78. The molecular weight excluding hydrogens is 312 g/mol. The summed E-state index contributed by atoms with van der Waals surface area (Å²) < 4.78 is 27.4. The Hall–Kier alpha value is -2.24. The van der Waals surface area contributed by atoms with Crippen molar-refractivity contribution >= 4 is 22.5 Å². The molecule has 4 rings (SSSR count). The number of hydrogen-bond acceptors (Lipinski definition) is 3. The van der Waals surface area contributed by atoms with Crippen LogP contribution in [0.15, 0.2) is 18.2 Å². The summed E-state index contributed by atoms with van der Waals surface area (Å²) in [7, 11) is 0. The minimum atomic E-state index is -0.921. The molecule has 2 aromatic rings.